The number of nitrogens with one attached hydrogen (secondary N) is 2. The molecule has 2 N–H and O–H groups in total. The van der Waals surface area contributed by atoms with E-state index >= 15 is 0 Å². The highest BCUT2D eigenvalue weighted by molar-refractivity contribution is 5.60. The number of nitrogens with zero attached hydrogens (tertiary/aromatic N) is 5. The highest BCUT2D eigenvalue weighted by Gasteiger charge is 2.23. The second-order valence-electron chi connectivity index (χ2n) is 5.96. The first-order valence-corrected chi connectivity index (χ1v) is 8.12. The number of hydrogen-bond donors (Lipinski definition) is 2. The fourth-order valence-corrected chi connectivity index (χ4v) is 2.61. The average Bonchev–Trinajstić information content (AvgIpc) is 3.04. The molecule has 0 bridgehead atoms. The lowest BCUT2D eigenvalue weighted by atomic mass is 10.1. The molecule has 0 saturated carbocycles. The third-order valence-corrected chi connectivity index (χ3v) is 4.19. The molecule has 8 heteroatoms. The second kappa shape index (κ2) is 6.48. The van der Waals surface area contributed by atoms with Gasteiger partial charge < -0.3 is 15.4 Å². The molecule has 1 aromatic carbocycles. The van der Waals surface area contributed by atoms with E-state index in [0.29, 0.717) is 11.9 Å². The number of rotatable bonds is 5. The summed E-state index contributed by atoms with van der Waals surface area (Å²) in [5.41, 5.74) is 3.93. The van der Waals surface area contributed by atoms with Crippen LogP contribution in [-0.4, -0.2) is 45.2 Å². The van der Waals surface area contributed by atoms with Crippen molar-refractivity contribution in [2.24, 2.45) is 0 Å². The maximum atomic E-state index is 5.23. The van der Waals surface area contributed by atoms with Gasteiger partial charge in [-0.25, -0.2) is 9.67 Å². The zero-order valence-electron chi connectivity index (χ0n) is 14.1. The third kappa shape index (κ3) is 3.16. The van der Waals surface area contributed by atoms with Gasteiger partial charge in [0.1, 0.15) is 5.82 Å². The van der Waals surface area contributed by atoms with Crippen LogP contribution in [0, 0.1) is 6.92 Å². The summed E-state index contributed by atoms with van der Waals surface area (Å²) in [7, 11) is 1.82. The lowest BCUT2D eigenvalue weighted by Gasteiger charge is -2.23. The largest absolute Gasteiger partial charge is 0.380 e. The van der Waals surface area contributed by atoms with Crippen molar-refractivity contribution in [2.45, 2.75) is 12.8 Å². The van der Waals surface area contributed by atoms with Crippen LogP contribution in [0.25, 0.3) is 5.69 Å². The zero-order chi connectivity index (χ0) is 17.2. The van der Waals surface area contributed by atoms with E-state index in [0.717, 1.165) is 41.7 Å². The summed E-state index contributed by atoms with van der Waals surface area (Å²) in [6.45, 7) is 3.49. The predicted octanol–water partition coefficient (Wildman–Crippen LogP) is 2.26. The molecule has 0 atom stereocenters. The van der Waals surface area contributed by atoms with Crippen LogP contribution in [0.5, 0.6) is 0 Å². The van der Waals surface area contributed by atoms with Crippen LogP contribution < -0.4 is 10.6 Å². The molecule has 1 fully saturated rings. The van der Waals surface area contributed by atoms with E-state index in [1.165, 1.54) is 0 Å². The van der Waals surface area contributed by atoms with Gasteiger partial charge in [-0.3, -0.25) is 0 Å². The van der Waals surface area contributed by atoms with Crippen molar-refractivity contribution in [3.63, 3.8) is 0 Å². The molecule has 0 radical (unpaired) electrons. The summed E-state index contributed by atoms with van der Waals surface area (Å²) in [4.78, 5) is 8.62. The van der Waals surface area contributed by atoms with Gasteiger partial charge in [-0.15, -0.1) is 5.10 Å². The van der Waals surface area contributed by atoms with Crippen molar-refractivity contribution < 1.29 is 4.74 Å². The minimum Gasteiger partial charge on any atom is -0.380 e. The van der Waals surface area contributed by atoms with Crippen LogP contribution in [0.2, 0.25) is 0 Å². The highest BCUT2D eigenvalue weighted by atomic mass is 16.5. The topological polar surface area (TPSA) is 89.8 Å². The van der Waals surface area contributed by atoms with Gasteiger partial charge in [0.15, 0.2) is 0 Å². The normalized spacial score (nSPS) is 14.2. The molecule has 1 aliphatic heterocycles. The number of aromatic nitrogens is 5. The molecule has 0 aliphatic carbocycles. The van der Waals surface area contributed by atoms with Gasteiger partial charge in [0, 0.05) is 18.9 Å². The molecule has 128 valence electrons. The zero-order valence-corrected chi connectivity index (χ0v) is 14.1. The molecule has 8 nitrogen and oxygen atoms in total. The van der Waals surface area contributed by atoms with Crippen molar-refractivity contribution in [3.05, 3.63) is 47.9 Å². The summed E-state index contributed by atoms with van der Waals surface area (Å²) >= 11 is 0. The first-order valence-electron chi connectivity index (χ1n) is 8.12. The molecule has 0 spiro atoms. The molecule has 25 heavy (non-hydrogen) atoms. The van der Waals surface area contributed by atoms with Crippen LogP contribution in [0.15, 0.2) is 36.7 Å². The van der Waals surface area contributed by atoms with Crippen molar-refractivity contribution in [1.29, 1.82) is 0 Å². The van der Waals surface area contributed by atoms with E-state index < -0.39 is 0 Å². The van der Waals surface area contributed by atoms with E-state index in [2.05, 4.69) is 30.9 Å². The summed E-state index contributed by atoms with van der Waals surface area (Å²) < 4.78 is 7.03. The van der Waals surface area contributed by atoms with Crippen LogP contribution in [-0.2, 0) is 4.74 Å². The van der Waals surface area contributed by atoms with Crippen LogP contribution >= 0.6 is 0 Å². The SMILES string of the molecule is CNc1ccnc(Nc2ccc(C)c(-n3cc(C4COC4)nn3)c2)n1. The number of ether oxygens (including phenoxy) is 1. The Kier molecular flexibility index (Phi) is 4.02. The van der Waals surface area contributed by atoms with E-state index in [1.54, 1.807) is 10.9 Å². The van der Waals surface area contributed by atoms with E-state index in [-0.39, 0.29) is 0 Å². The molecule has 1 aliphatic rings. The van der Waals surface area contributed by atoms with Gasteiger partial charge in [0.2, 0.25) is 5.95 Å². The fourth-order valence-electron chi connectivity index (χ4n) is 2.61. The Labute approximate surface area is 145 Å². The van der Waals surface area contributed by atoms with Crippen LogP contribution in [0.1, 0.15) is 17.2 Å². The Bertz CT molecular complexity index is 888. The summed E-state index contributed by atoms with van der Waals surface area (Å²) in [5.74, 6) is 1.65. The molecule has 2 aromatic heterocycles. The standard InChI is InChI=1S/C17H19N7O/c1-11-3-4-13(20-17-19-6-5-16(18-2)21-17)7-15(11)24-8-14(22-23-24)12-9-25-10-12/h3-8,12H,9-10H2,1-2H3,(H2,18,19,20,21). The van der Waals surface area contributed by atoms with Crippen molar-refractivity contribution in [3.8, 4) is 5.69 Å². The maximum absolute atomic E-state index is 5.23. The van der Waals surface area contributed by atoms with Gasteiger partial charge in [-0.05, 0) is 30.7 Å². The highest BCUT2D eigenvalue weighted by Crippen LogP contribution is 2.25. The number of anilines is 3. The molecule has 0 amide bonds. The van der Waals surface area contributed by atoms with Crippen molar-refractivity contribution in [1.82, 2.24) is 25.0 Å². The fraction of sp³-hybridized carbons (Fsp3) is 0.294. The first kappa shape index (κ1) is 15.5. The first-order chi connectivity index (χ1) is 12.2. The molecule has 4 rings (SSSR count). The predicted molar refractivity (Wildman–Crippen MR) is 94.5 cm³/mol. The van der Waals surface area contributed by atoms with Crippen molar-refractivity contribution >= 4 is 17.5 Å². The van der Waals surface area contributed by atoms with Crippen LogP contribution in [0.3, 0.4) is 0 Å². The van der Waals surface area contributed by atoms with Gasteiger partial charge >= 0.3 is 0 Å². The summed E-state index contributed by atoms with van der Waals surface area (Å²) in [6.07, 6.45) is 3.68. The molecule has 0 unspecified atom stereocenters. The number of aryl methyl sites for hydroxylation is 1. The molecular formula is C17H19N7O. The Balaban J connectivity index is 1.60. The molecule has 3 aromatic rings. The summed E-state index contributed by atoms with van der Waals surface area (Å²) in [6, 6.07) is 7.85. The monoisotopic (exact) mass is 337 g/mol. The van der Waals surface area contributed by atoms with Crippen LogP contribution in [0.4, 0.5) is 17.5 Å². The van der Waals surface area contributed by atoms with E-state index in [4.69, 9.17) is 4.74 Å². The smallest absolute Gasteiger partial charge is 0.229 e. The quantitative estimate of drug-likeness (QED) is 0.738. The molecule has 1 saturated heterocycles. The third-order valence-electron chi connectivity index (χ3n) is 4.19. The minimum absolute atomic E-state index is 0.355. The number of benzene rings is 1. The Morgan fingerprint density at radius 1 is 1.24 bits per heavy atom. The lowest BCUT2D eigenvalue weighted by molar-refractivity contribution is 0.00667. The van der Waals surface area contributed by atoms with E-state index in [9.17, 15) is 0 Å². The Hall–Kier alpha value is -3.00. The Morgan fingerprint density at radius 2 is 2.12 bits per heavy atom. The maximum Gasteiger partial charge on any atom is 0.229 e. The Morgan fingerprint density at radius 3 is 2.88 bits per heavy atom. The number of hydrogen-bond acceptors (Lipinski definition) is 7. The molecule has 3 heterocycles. The summed E-state index contributed by atoms with van der Waals surface area (Å²) in [5, 5.41) is 14.8. The van der Waals surface area contributed by atoms with E-state index in [1.807, 2.05) is 44.4 Å². The van der Waals surface area contributed by atoms with Gasteiger partial charge in [0.05, 0.1) is 36.7 Å². The second-order valence-corrected chi connectivity index (χ2v) is 5.96. The minimum atomic E-state index is 0.355. The van der Waals surface area contributed by atoms with Gasteiger partial charge in [0.25, 0.3) is 0 Å². The lowest BCUT2D eigenvalue weighted by Crippen LogP contribution is -2.25. The van der Waals surface area contributed by atoms with Gasteiger partial charge in [-0.1, -0.05) is 11.3 Å². The average molecular weight is 337 g/mol. The van der Waals surface area contributed by atoms with Gasteiger partial charge in [-0.2, -0.15) is 4.98 Å². The molecular weight excluding hydrogens is 318 g/mol. The van der Waals surface area contributed by atoms with Crippen molar-refractivity contribution in [2.75, 3.05) is 30.9 Å².